The SMILES string of the molecule is C/C=C(\C=C/NCCCS)/C=C/c1ccc2cc(N(CC=C(C)C)CC=C(C)C)ccc2c1. The molecule has 0 heterocycles. The fourth-order valence-corrected chi connectivity index (χ4v) is 3.44. The van der Waals surface area contributed by atoms with Gasteiger partial charge in [-0.1, -0.05) is 59.7 Å². The summed E-state index contributed by atoms with van der Waals surface area (Å²) in [5, 5.41) is 5.83. The maximum absolute atomic E-state index is 4.24. The van der Waals surface area contributed by atoms with Crippen molar-refractivity contribution in [3.63, 3.8) is 0 Å². The van der Waals surface area contributed by atoms with Crippen molar-refractivity contribution < 1.29 is 0 Å². The molecular weight excluding hydrogens is 420 g/mol. The Kier molecular flexibility index (Phi) is 11.7. The molecule has 2 rings (SSSR count). The van der Waals surface area contributed by atoms with E-state index in [0.29, 0.717) is 0 Å². The van der Waals surface area contributed by atoms with Crippen LogP contribution in [0.1, 0.15) is 46.6 Å². The second-order valence-electron chi connectivity index (χ2n) is 8.75. The Balaban J connectivity index is 2.17. The van der Waals surface area contributed by atoms with Crippen LogP contribution in [0.2, 0.25) is 0 Å². The zero-order valence-corrected chi connectivity index (χ0v) is 21.8. The van der Waals surface area contributed by atoms with Crippen molar-refractivity contribution in [1.29, 1.82) is 0 Å². The first-order chi connectivity index (χ1) is 15.9. The van der Waals surface area contributed by atoms with Gasteiger partial charge in [0.15, 0.2) is 0 Å². The first kappa shape index (κ1) is 26.6. The summed E-state index contributed by atoms with van der Waals surface area (Å²) >= 11 is 4.24. The molecule has 0 aliphatic heterocycles. The molecular formula is C30H40N2S. The average Bonchev–Trinajstić information content (AvgIpc) is 2.80. The first-order valence-corrected chi connectivity index (χ1v) is 12.5. The van der Waals surface area contributed by atoms with Crippen molar-refractivity contribution in [3.05, 3.63) is 95.3 Å². The predicted octanol–water partition coefficient (Wildman–Crippen LogP) is 7.96. The second kappa shape index (κ2) is 14.5. The second-order valence-corrected chi connectivity index (χ2v) is 9.19. The molecule has 0 aliphatic carbocycles. The van der Waals surface area contributed by atoms with Crippen molar-refractivity contribution in [2.75, 3.05) is 30.3 Å². The van der Waals surface area contributed by atoms with Crippen LogP contribution in [0.4, 0.5) is 5.69 Å². The molecule has 0 unspecified atom stereocenters. The fraction of sp³-hybridized carbons (Fsp3) is 0.333. The first-order valence-electron chi connectivity index (χ1n) is 11.8. The fourth-order valence-electron chi connectivity index (χ4n) is 3.28. The lowest BCUT2D eigenvalue weighted by Gasteiger charge is -2.23. The number of nitrogens with one attached hydrogen (secondary N) is 1. The summed E-state index contributed by atoms with van der Waals surface area (Å²) in [6.45, 7) is 13.5. The third kappa shape index (κ3) is 9.79. The van der Waals surface area contributed by atoms with Crippen LogP contribution in [0.5, 0.6) is 0 Å². The number of hydrogen-bond acceptors (Lipinski definition) is 3. The Hall–Kier alpha value is -2.65. The predicted molar refractivity (Wildman–Crippen MR) is 153 cm³/mol. The molecule has 0 atom stereocenters. The van der Waals surface area contributed by atoms with Gasteiger partial charge < -0.3 is 10.2 Å². The summed E-state index contributed by atoms with van der Waals surface area (Å²) in [7, 11) is 0. The van der Waals surface area contributed by atoms with Gasteiger partial charge in [0.2, 0.25) is 0 Å². The van der Waals surface area contributed by atoms with E-state index in [9.17, 15) is 0 Å². The Bertz CT molecular complexity index is 1010. The van der Waals surface area contributed by atoms with E-state index in [0.717, 1.165) is 31.8 Å². The minimum atomic E-state index is 0.906. The molecule has 0 saturated heterocycles. The Labute approximate surface area is 206 Å². The molecule has 2 aromatic rings. The minimum absolute atomic E-state index is 0.906. The van der Waals surface area contributed by atoms with Crippen molar-refractivity contribution in [2.45, 2.75) is 41.0 Å². The number of hydrogen-bond donors (Lipinski definition) is 2. The zero-order valence-electron chi connectivity index (χ0n) is 20.9. The van der Waals surface area contributed by atoms with Gasteiger partial charge in [-0.2, -0.15) is 12.6 Å². The molecule has 0 aromatic heterocycles. The molecule has 3 heteroatoms. The van der Waals surface area contributed by atoms with E-state index in [-0.39, 0.29) is 0 Å². The van der Waals surface area contributed by atoms with Gasteiger partial charge in [-0.25, -0.2) is 0 Å². The highest BCUT2D eigenvalue weighted by molar-refractivity contribution is 7.80. The zero-order chi connectivity index (χ0) is 24.1. The lowest BCUT2D eigenvalue weighted by Crippen LogP contribution is -2.23. The summed E-state index contributed by atoms with van der Waals surface area (Å²) in [6, 6.07) is 13.5. The molecule has 2 nitrogen and oxygen atoms in total. The largest absolute Gasteiger partial charge is 0.391 e. The molecule has 2 aromatic carbocycles. The van der Waals surface area contributed by atoms with E-state index in [1.165, 1.54) is 38.7 Å². The van der Waals surface area contributed by atoms with E-state index in [4.69, 9.17) is 0 Å². The Morgan fingerprint density at radius 1 is 0.909 bits per heavy atom. The molecule has 0 amide bonds. The van der Waals surface area contributed by atoms with Crippen molar-refractivity contribution in [2.24, 2.45) is 0 Å². The van der Waals surface area contributed by atoms with Crippen molar-refractivity contribution >= 4 is 35.2 Å². The number of allylic oxidation sites excluding steroid dienone is 6. The molecule has 0 radical (unpaired) electrons. The lowest BCUT2D eigenvalue weighted by molar-refractivity contribution is 0.817. The third-order valence-electron chi connectivity index (χ3n) is 5.33. The normalized spacial score (nSPS) is 11.9. The minimum Gasteiger partial charge on any atom is -0.391 e. The van der Waals surface area contributed by atoms with Crippen LogP contribution in [-0.2, 0) is 0 Å². The maximum atomic E-state index is 4.24. The van der Waals surface area contributed by atoms with Crippen LogP contribution in [0.25, 0.3) is 16.8 Å². The molecule has 0 aliphatic rings. The number of thiol groups is 1. The highest BCUT2D eigenvalue weighted by Gasteiger charge is 2.05. The number of nitrogens with zero attached hydrogens (tertiary/aromatic N) is 1. The molecule has 33 heavy (non-hydrogen) atoms. The van der Waals surface area contributed by atoms with Crippen LogP contribution in [-0.4, -0.2) is 25.4 Å². The summed E-state index contributed by atoms with van der Waals surface area (Å²) in [4.78, 5) is 2.42. The van der Waals surface area contributed by atoms with Gasteiger partial charge in [0.05, 0.1) is 0 Å². The molecule has 0 fully saturated rings. The molecule has 1 N–H and O–H groups in total. The Morgan fingerprint density at radius 3 is 2.21 bits per heavy atom. The number of fused-ring (bicyclic) bond motifs is 1. The van der Waals surface area contributed by atoms with E-state index in [1.807, 2.05) is 6.20 Å². The third-order valence-corrected chi connectivity index (χ3v) is 5.64. The van der Waals surface area contributed by atoms with Gasteiger partial charge in [0.25, 0.3) is 0 Å². The van der Waals surface area contributed by atoms with Crippen LogP contribution >= 0.6 is 12.6 Å². The van der Waals surface area contributed by atoms with E-state index in [1.54, 1.807) is 0 Å². The Morgan fingerprint density at radius 2 is 1.58 bits per heavy atom. The highest BCUT2D eigenvalue weighted by Crippen LogP contribution is 2.24. The van der Waals surface area contributed by atoms with Gasteiger partial charge in [-0.05, 0) is 99.2 Å². The van der Waals surface area contributed by atoms with Crippen LogP contribution in [0, 0.1) is 0 Å². The average molecular weight is 461 g/mol. The summed E-state index contributed by atoms with van der Waals surface area (Å²) in [6.07, 6.45) is 16.2. The van der Waals surface area contributed by atoms with Crippen molar-refractivity contribution in [1.82, 2.24) is 5.32 Å². The number of rotatable bonds is 12. The molecule has 0 spiro atoms. The summed E-state index contributed by atoms with van der Waals surface area (Å²) < 4.78 is 0. The van der Waals surface area contributed by atoms with Gasteiger partial charge >= 0.3 is 0 Å². The van der Waals surface area contributed by atoms with Crippen LogP contribution in [0.3, 0.4) is 0 Å². The summed E-state index contributed by atoms with van der Waals surface area (Å²) in [5.41, 5.74) is 6.33. The van der Waals surface area contributed by atoms with E-state index >= 15 is 0 Å². The van der Waals surface area contributed by atoms with Crippen molar-refractivity contribution in [3.8, 4) is 0 Å². The van der Waals surface area contributed by atoms with E-state index < -0.39 is 0 Å². The topological polar surface area (TPSA) is 15.3 Å². The van der Waals surface area contributed by atoms with Crippen LogP contribution < -0.4 is 10.2 Å². The quantitative estimate of drug-likeness (QED) is 0.144. The monoisotopic (exact) mass is 460 g/mol. The number of anilines is 1. The van der Waals surface area contributed by atoms with E-state index in [2.05, 4.69) is 130 Å². The van der Waals surface area contributed by atoms with Gasteiger partial charge in [-0.3, -0.25) is 0 Å². The summed E-state index contributed by atoms with van der Waals surface area (Å²) in [5.74, 6) is 0.906. The number of benzene rings is 2. The molecule has 0 saturated carbocycles. The standard InChI is InChI=1S/C30H40N2S/c1-6-26(14-18-31-17-7-21-33)8-9-27-10-11-29-23-30(13-12-28(29)22-27)32(19-15-24(2)3)20-16-25(4)5/h6,8-16,18,22-23,31,33H,7,17,19-21H2,1-5H3/b9-8+,18-14-,26-6-. The van der Waals surface area contributed by atoms with Crippen LogP contribution in [0.15, 0.2) is 89.7 Å². The smallest absolute Gasteiger partial charge is 0.0378 e. The van der Waals surface area contributed by atoms with Gasteiger partial charge in [-0.15, -0.1) is 0 Å². The molecule has 176 valence electrons. The highest BCUT2D eigenvalue weighted by atomic mass is 32.1. The lowest BCUT2D eigenvalue weighted by atomic mass is 10.0. The molecule has 0 bridgehead atoms. The van der Waals surface area contributed by atoms with Gasteiger partial charge in [0.1, 0.15) is 0 Å². The van der Waals surface area contributed by atoms with Gasteiger partial charge in [0, 0.05) is 25.3 Å². The maximum Gasteiger partial charge on any atom is 0.0378 e.